The largest absolute Gasteiger partial charge is 0.504 e. The van der Waals surface area contributed by atoms with Gasteiger partial charge in [0.2, 0.25) is 0 Å². The molecule has 4 amide bonds. The van der Waals surface area contributed by atoms with Crippen LogP contribution in [0.5, 0.6) is 11.5 Å². The predicted octanol–water partition coefficient (Wildman–Crippen LogP) is 3.05. The number of carbonyl (C=O) groups is 3. The highest BCUT2D eigenvalue weighted by Gasteiger charge is 2.37. The first-order valence-electron chi connectivity index (χ1n) is 8.37. The molecule has 0 saturated carbocycles. The Bertz CT molecular complexity index is 1140. The molecular weight excluding hydrogens is 462 g/mol. The lowest BCUT2D eigenvalue weighted by atomic mass is 10.0. The molecular formula is C19H14BrN3O7. The molecule has 0 atom stereocenters. The Labute approximate surface area is 178 Å². The Morgan fingerprint density at radius 3 is 2.53 bits per heavy atom. The van der Waals surface area contributed by atoms with Crippen molar-refractivity contribution in [3.8, 4) is 11.5 Å². The number of hydrogen-bond donors (Lipinski definition) is 2. The summed E-state index contributed by atoms with van der Waals surface area (Å²) < 4.78 is 5.67. The highest BCUT2D eigenvalue weighted by Crippen LogP contribution is 2.36. The number of imide groups is 2. The van der Waals surface area contributed by atoms with Crippen LogP contribution >= 0.6 is 15.9 Å². The number of rotatable bonds is 4. The molecule has 10 nitrogen and oxygen atoms in total. The molecule has 0 spiro atoms. The minimum atomic E-state index is -1.00. The fourth-order valence-electron chi connectivity index (χ4n) is 2.80. The Morgan fingerprint density at radius 1 is 1.23 bits per heavy atom. The van der Waals surface area contributed by atoms with Gasteiger partial charge in [0.15, 0.2) is 11.5 Å². The molecule has 30 heavy (non-hydrogen) atoms. The normalized spacial score (nSPS) is 15.4. The van der Waals surface area contributed by atoms with E-state index in [9.17, 15) is 29.6 Å². The fourth-order valence-corrected chi connectivity index (χ4v) is 3.05. The van der Waals surface area contributed by atoms with Gasteiger partial charge in [0.25, 0.3) is 17.5 Å². The van der Waals surface area contributed by atoms with Crippen LogP contribution in [-0.4, -0.2) is 35.0 Å². The van der Waals surface area contributed by atoms with Crippen LogP contribution in [0.2, 0.25) is 0 Å². The number of non-ortho nitro benzene ring substituents is 1. The number of halogens is 1. The van der Waals surface area contributed by atoms with Crippen molar-refractivity contribution < 1.29 is 29.2 Å². The zero-order chi connectivity index (χ0) is 22.2. The van der Waals surface area contributed by atoms with E-state index in [0.717, 1.165) is 33.1 Å². The maximum absolute atomic E-state index is 12.9. The average molecular weight is 476 g/mol. The van der Waals surface area contributed by atoms with Gasteiger partial charge in [-0.3, -0.25) is 25.0 Å². The third-order valence-electron chi connectivity index (χ3n) is 4.32. The van der Waals surface area contributed by atoms with Crippen molar-refractivity contribution in [1.82, 2.24) is 5.32 Å². The number of ether oxygens (including phenoxy) is 1. The van der Waals surface area contributed by atoms with Crippen molar-refractivity contribution in [2.45, 2.75) is 6.92 Å². The minimum absolute atomic E-state index is 0.194. The van der Waals surface area contributed by atoms with Gasteiger partial charge in [-0.25, -0.2) is 9.69 Å². The van der Waals surface area contributed by atoms with E-state index in [2.05, 4.69) is 15.9 Å². The first-order chi connectivity index (χ1) is 14.1. The van der Waals surface area contributed by atoms with Crippen molar-refractivity contribution in [2.24, 2.45) is 0 Å². The van der Waals surface area contributed by atoms with Crippen LogP contribution in [0.4, 0.5) is 16.2 Å². The first kappa shape index (κ1) is 21.0. The number of nitro groups is 1. The number of anilines is 1. The molecule has 1 heterocycles. The number of nitro benzene ring substituents is 1. The van der Waals surface area contributed by atoms with E-state index in [4.69, 9.17) is 4.74 Å². The number of benzene rings is 2. The topological polar surface area (TPSA) is 139 Å². The standard InChI is InChI=1S/C19H14BrN3O7/c1-9-5-11(3-4-14(9)20)22-18(26)13(17(25)21-19(22)27)7-10-6-12(23(28)29)8-15(30-2)16(10)24/h3-8,24H,1-2H3,(H,21,25,27)/b13-7+. The Kier molecular flexibility index (Phi) is 5.56. The number of barbiturate groups is 1. The molecule has 3 rings (SSSR count). The van der Waals surface area contributed by atoms with Gasteiger partial charge >= 0.3 is 6.03 Å². The smallest absolute Gasteiger partial charge is 0.335 e. The van der Waals surface area contributed by atoms with E-state index in [1.54, 1.807) is 19.1 Å². The summed E-state index contributed by atoms with van der Waals surface area (Å²) in [5.41, 5.74) is -0.139. The molecule has 0 radical (unpaired) electrons. The summed E-state index contributed by atoms with van der Waals surface area (Å²) in [6, 6.07) is 5.77. The summed E-state index contributed by atoms with van der Waals surface area (Å²) in [4.78, 5) is 48.7. The molecule has 0 aromatic heterocycles. The number of methoxy groups -OCH3 is 1. The van der Waals surface area contributed by atoms with Crippen molar-refractivity contribution in [3.63, 3.8) is 0 Å². The van der Waals surface area contributed by atoms with Crippen LogP contribution in [-0.2, 0) is 9.59 Å². The van der Waals surface area contributed by atoms with Gasteiger partial charge in [-0.05, 0) is 36.8 Å². The first-order valence-corrected chi connectivity index (χ1v) is 9.16. The maximum atomic E-state index is 12.9. The Balaban J connectivity index is 2.12. The van der Waals surface area contributed by atoms with Crippen molar-refractivity contribution >= 4 is 51.2 Å². The number of nitrogens with one attached hydrogen (secondary N) is 1. The van der Waals surface area contributed by atoms with Gasteiger partial charge < -0.3 is 9.84 Å². The average Bonchev–Trinajstić information content (AvgIpc) is 2.68. The van der Waals surface area contributed by atoms with E-state index >= 15 is 0 Å². The molecule has 154 valence electrons. The Hall–Kier alpha value is -3.73. The zero-order valence-electron chi connectivity index (χ0n) is 15.6. The molecule has 0 unspecified atom stereocenters. The van der Waals surface area contributed by atoms with Crippen LogP contribution in [0.3, 0.4) is 0 Å². The molecule has 2 N–H and O–H groups in total. The van der Waals surface area contributed by atoms with Crippen molar-refractivity contribution in [3.05, 3.63) is 61.6 Å². The summed E-state index contributed by atoms with van der Waals surface area (Å²) in [5, 5.41) is 23.5. The van der Waals surface area contributed by atoms with Crippen molar-refractivity contribution in [2.75, 3.05) is 12.0 Å². The number of aromatic hydroxyl groups is 1. The predicted molar refractivity (Wildman–Crippen MR) is 109 cm³/mol. The second-order valence-corrected chi connectivity index (χ2v) is 7.09. The van der Waals surface area contributed by atoms with E-state index in [-0.39, 0.29) is 17.0 Å². The van der Waals surface area contributed by atoms with Gasteiger partial charge in [-0.2, -0.15) is 0 Å². The lowest BCUT2D eigenvalue weighted by Gasteiger charge is -2.26. The van der Waals surface area contributed by atoms with Crippen LogP contribution in [0.15, 0.2) is 40.4 Å². The van der Waals surface area contributed by atoms with E-state index in [0.29, 0.717) is 0 Å². The number of phenols is 1. The SMILES string of the molecule is COc1cc([N+](=O)[O-])cc(/C=C2\C(=O)NC(=O)N(c3ccc(Br)c(C)c3)C2=O)c1O. The van der Waals surface area contributed by atoms with Crippen LogP contribution < -0.4 is 15.0 Å². The summed E-state index contributed by atoms with van der Waals surface area (Å²) in [5.74, 6) is -2.66. The highest BCUT2D eigenvalue weighted by atomic mass is 79.9. The quantitative estimate of drug-likeness (QED) is 0.299. The van der Waals surface area contributed by atoms with Crippen LogP contribution in [0.1, 0.15) is 11.1 Å². The molecule has 11 heteroatoms. The van der Waals surface area contributed by atoms with Gasteiger partial charge in [-0.1, -0.05) is 15.9 Å². The minimum Gasteiger partial charge on any atom is -0.504 e. The molecule has 1 saturated heterocycles. The zero-order valence-corrected chi connectivity index (χ0v) is 17.2. The summed E-state index contributed by atoms with van der Waals surface area (Å²) in [6.45, 7) is 1.76. The lowest BCUT2D eigenvalue weighted by molar-refractivity contribution is -0.385. The second kappa shape index (κ2) is 7.95. The van der Waals surface area contributed by atoms with E-state index < -0.39 is 39.8 Å². The molecule has 2 aromatic rings. The Morgan fingerprint density at radius 2 is 1.93 bits per heavy atom. The monoisotopic (exact) mass is 475 g/mol. The van der Waals surface area contributed by atoms with Gasteiger partial charge in [0, 0.05) is 16.1 Å². The third-order valence-corrected chi connectivity index (χ3v) is 5.21. The highest BCUT2D eigenvalue weighted by molar-refractivity contribution is 9.10. The number of hydrogen-bond acceptors (Lipinski definition) is 7. The fraction of sp³-hybridized carbons (Fsp3) is 0.105. The van der Waals surface area contributed by atoms with Crippen LogP contribution in [0.25, 0.3) is 6.08 Å². The third kappa shape index (κ3) is 3.74. The number of carbonyl (C=O) groups excluding carboxylic acids is 3. The van der Waals surface area contributed by atoms with Gasteiger partial charge in [0.05, 0.1) is 23.8 Å². The van der Waals surface area contributed by atoms with Gasteiger partial charge in [-0.15, -0.1) is 0 Å². The molecule has 1 aliphatic rings. The number of nitrogens with zero attached hydrogens (tertiary/aromatic N) is 2. The van der Waals surface area contributed by atoms with Crippen LogP contribution in [0, 0.1) is 17.0 Å². The molecule has 2 aromatic carbocycles. The molecule has 1 aliphatic heterocycles. The molecule has 1 fully saturated rings. The van der Waals surface area contributed by atoms with Gasteiger partial charge in [0.1, 0.15) is 5.57 Å². The number of amides is 4. The van der Waals surface area contributed by atoms with E-state index in [1.807, 2.05) is 5.32 Å². The molecule has 0 bridgehead atoms. The number of urea groups is 1. The van der Waals surface area contributed by atoms with Crippen molar-refractivity contribution in [1.29, 1.82) is 0 Å². The summed E-state index contributed by atoms with van der Waals surface area (Å²) >= 11 is 3.33. The maximum Gasteiger partial charge on any atom is 0.335 e. The summed E-state index contributed by atoms with van der Waals surface area (Å²) in [7, 11) is 1.20. The number of aryl methyl sites for hydroxylation is 1. The lowest BCUT2D eigenvalue weighted by Crippen LogP contribution is -2.54. The number of phenolic OH excluding ortho intramolecular Hbond substituents is 1. The second-order valence-electron chi connectivity index (χ2n) is 6.23. The summed E-state index contributed by atoms with van der Waals surface area (Å²) in [6.07, 6.45) is 0.966. The van der Waals surface area contributed by atoms with E-state index in [1.165, 1.54) is 13.2 Å². The molecule has 0 aliphatic carbocycles.